The molecule has 0 unspecified atom stereocenters. The normalized spacial score (nSPS) is 11.9. The van der Waals surface area contributed by atoms with E-state index in [0.29, 0.717) is 10.7 Å². The molecule has 29 heavy (non-hydrogen) atoms. The van der Waals surface area contributed by atoms with Crippen molar-refractivity contribution in [3.8, 4) is 5.69 Å². The van der Waals surface area contributed by atoms with Crippen molar-refractivity contribution in [3.63, 3.8) is 0 Å². The SMILES string of the molecule is Cc1cccc(-n2c(C)nnc2S[C@H](C(=O)c2ccccc2)c2ccccc2)c1. The molecule has 1 aromatic heterocycles. The van der Waals surface area contributed by atoms with Crippen molar-refractivity contribution >= 4 is 17.5 Å². The van der Waals surface area contributed by atoms with Crippen molar-refractivity contribution in [1.29, 1.82) is 0 Å². The first-order valence-corrected chi connectivity index (χ1v) is 10.3. The molecule has 0 spiro atoms. The van der Waals surface area contributed by atoms with Crippen molar-refractivity contribution in [2.45, 2.75) is 24.3 Å². The van der Waals surface area contributed by atoms with Crippen molar-refractivity contribution in [2.75, 3.05) is 0 Å². The highest BCUT2D eigenvalue weighted by molar-refractivity contribution is 8.00. The van der Waals surface area contributed by atoms with Crippen LogP contribution in [-0.4, -0.2) is 20.5 Å². The Morgan fingerprint density at radius 1 is 0.862 bits per heavy atom. The molecule has 4 aromatic rings. The summed E-state index contributed by atoms with van der Waals surface area (Å²) in [5.41, 5.74) is 3.79. The zero-order valence-corrected chi connectivity index (χ0v) is 17.1. The number of nitrogens with zero attached hydrogens (tertiary/aromatic N) is 3. The average molecular weight is 400 g/mol. The van der Waals surface area contributed by atoms with Crippen LogP contribution in [0.5, 0.6) is 0 Å². The van der Waals surface area contributed by atoms with Gasteiger partial charge in [-0.25, -0.2) is 0 Å². The van der Waals surface area contributed by atoms with Crippen LogP contribution in [0, 0.1) is 13.8 Å². The van der Waals surface area contributed by atoms with Crippen LogP contribution in [0.25, 0.3) is 5.69 Å². The summed E-state index contributed by atoms with van der Waals surface area (Å²) < 4.78 is 2.01. The Labute approximate surface area is 174 Å². The predicted octanol–water partition coefficient (Wildman–Crippen LogP) is 5.60. The molecular formula is C24H21N3OS. The summed E-state index contributed by atoms with van der Waals surface area (Å²) in [5.74, 6) is 0.843. The highest BCUT2D eigenvalue weighted by Gasteiger charge is 2.26. The lowest BCUT2D eigenvalue weighted by Crippen LogP contribution is -2.11. The lowest BCUT2D eigenvalue weighted by atomic mass is 10.0. The van der Waals surface area contributed by atoms with E-state index in [1.165, 1.54) is 11.8 Å². The van der Waals surface area contributed by atoms with Gasteiger partial charge in [-0.05, 0) is 37.1 Å². The Morgan fingerprint density at radius 3 is 2.24 bits per heavy atom. The van der Waals surface area contributed by atoms with E-state index in [2.05, 4.69) is 29.3 Å². The van der Waals surface area contributed by atoms with Gasteiger partial charge in [0.2, 0.25) is 0 Å². The Balaban J connectivity index is 1.76. The van der Waals surface area contributed by atoms with Gasteiger partial charge in [-0.3, -0.25) is 9.36 Å². The van der Waals surface area contributed by atoms with E-state index in [9.17, 15) is 4.79 Å². The summed E-state index contributed by atoms with van der Waals surface area (Å²) in [6, 6.07) is 27.4. The summed E-state index contributed by atoms with van der Waals surface area (Å²) in [4.78, 5) is 13.4. The number of carbonyl (C=O) groups is 1. The first kappa shape index (κ1) is 19.2. The molecule has 5 heteroatoms. The number of hydrogen-bond acceptors (Lipinski definition) is 4. The molecule has 0 radical (unpaired) electrons. The van der Waals surface area contributed by atoms with Gasteiger partial charge in [0.15, 0.2) is 10.9 Å². The summed E-state index contributed by atoms with van der Waals surface area (Å²) in [5, 5.41) is 8.96. The molecule has 144 valence electrons. The molecule has 0 saturated heterocycles. The Hall–Kier alpha value is -3.18. The molecule has 0 bridgehead atoms. The summed E-state index contributed by atoms with van der Waals surface area (Å²) >= 11 is 1.43. The highest BCUT2D eigenvalue weighted by atomic mass is 32.2. The summed E-state index contributed by atoms with van der Waals surface area (Å²) in [6.45, 7) is 3.98. The molecule has 4 nitrogen and oxygen atoms in total. The Morgan fingerprint density at radius 2 is 1.55 bits per heavy atom. The maximum Gasteiger partial charge on any atom is 0.196 e. The highest BCUT2D eigenvalue weighted by Crippen LogP contribution is 2.38. The third-order valence-electron chi connectivity index (χ3n) is 4.68. The number of thioether (sulfide) groups is 1. The van der Waals surface area contributed by atoms with Gasteiger partial charge in [-0.2, -0.15) is 0 Å². The van der Waals surface area contributed by atoms with Crippen LogP contribution in [0.2, 0.25) is 0 Å². The largest absolute Gasteiger partial charge is 0.293 e. The van der Waals surface area contributed by atoms with Crippen LogP contribution in [0.15, 0.2) is 90.1 Å². The van der Waals surface area contributed by atoms with Crippen molar-refractivity contribution in [2.24, 2.45) is 0 Å². The molecule has 1 atom stereocenters. The molecule has 0 aliphatic heterocycles. The maximum atomic E-state index is 13.4. The van der Waals surface area contributed by atoms with E-state index in [-0.39, 0.29) is 5.78 Å². The van der Waals surface area contributed by atoms with Crippen LogP contribution in [0.1, 0.15) is 32.6 Å². The van der Waals surface area contributed by atoms with E-state index in [4.69, 9.17) is 0 Å². The van der Waals surface area contributed by atoms with Crippen LogP contribution in [-0.2, 0) is 0 Å². The lowest BCUT2D eigenvalue weighted by Gasteiger charge is -2.17. The minimum absolute atomic E-state index is 0.0539. The van der Waals surface area contributed by atoms with E-state index in [1.54, 1.807) is 0 Å². The fourth-order valence-electron chi connectivity index (χ4n) is 3.24. The zero-order valence-electron chi connectivity index (χ0n) is 16.3. The van der Waals surface area contributed by atoms with E-state index >= 15 is 0 Å². The second-order valence-electron chi connectivity index (χ2n) is 6.84. The van der Waals surface area contributed by atoms with Crippen LogP contribution < -0.4 is 0 Å². The van der Waals surface area contributed by atoms with Gasteiger partial charge in [0, 0.05) is 11.3 Å². The summed E-state index contributed by atoms with van der Waals surface area (Å²) in [7, 11) is 0. The predicted molar refractivity (Wildman–Crippen MR) is 117 cm³/mol. The summed E-state index contributed by atoms with van der Waals surface area (Å²) in [6.07, 6.45) is 0. The number of hydrogen-bond donors (Lipinski definition) is 0. The van der Waals surface area contributed by atoms with Gasteiger partial charge < -0.3 is 0 Å². The first-order chi connectivity index (χ1) is 14.1. The fraction of sp³-hybridized carbons (Fsp3) is 0.125. The number of benzene rings is 3. The Kier molecular flexibility index (Phi) is 5.58. The second kappa shape index (κ2) is 8.45. The molecule has 1 heterocycles. The van der Waals surface area contributed by atoms with Crippen molar-refractivity contribution < 1.29 is 4.79 Å². The van der Waals surface area contributed by atoms with E-state index in [1.807, 2.05) is 84.3 Å². The quantitative estimate of drug-likeness (QED) is 0.313. The number of aryl methyl sites for hydroxylation is 2. The van der Waals surface area contributed by atoms with Gasteiger partial charge >= 0.3 is 0 Å². The Bertz CT molecular complexity index is 1120. The average Bonchev–Trinajstić information content (AvgIpc) is 3.13. The number of carbonyl (C=O) groups excluding carboxylic acids is 1. The van der Waals surface area contributed by atoms with Crippen molar-refractivity contribution in [1.82, 2.24) is 14.8 Å². The zero-order chi connectivity index (χ0) is 20.2. The topological polar surface area (TPSA) is 47.8 Å². The second-order valence-corrected chi connectivity index (χ2v) is 7.92. The van der Waals surface area contributed by atoms with Crippen LogP contribution in [0.3, 0.4) is 0 Å². The third-order valence-corrected chi connectivity index (χ3v) is 5.87. The first-order valence-electron chi connectivity index (χ1n) is 9.43. The van der Waals surface area contributed by atoms with Gasteiger partial charge in [-0.1, -0.05) is 84.6 Å². The van der Waals surface area contributed by atoms with E-state index < -0.39 is 5.25 Å². The molecule has 0 aliphatic rings. The minimum atomic E-state index is -0.411. The lowest BCUT2D eigenvalue weighted by molar-refractivity contribution is 0.0989. The molecule has 0 aliphatic carbocycles. The molecule has 3 aromatic carbocycles. The number of Topliss-reactive ketones (excluding diaryl/α,β-unsaturated/α-hetero) is 1. The van der Waals surface area contributed by atoms with Gasteiger partial charge in [0.05, 0.1) is 0 Å². The van der Waals surface area contributed by atoms with Gasteiger partial charge in [0.1, 0.15) is 11.1 Å². The number of aromatic nitrogens is 3. The molecule has 4 rings (SSSR count). The molecule has 0 N–H and O–H groups in total. The van der Waals surface area contributed by atoms with Gasteiger partial charge in [-0.15, -0.1) is 10.2 Å². The standard InChI is InChI=1S/C24H21N3OS/c1-17-10-9-15-21(16-17)27-18(2)25-26-24(27)29-23(20-13-7-4-8-14-20)22(28)19-11-5-3-6-12-19/h3-16,23H,1-2H3/t23-/m0/s1. The number of rotatable bonds is 6. The fourth-order valence-corrected chi connectivity index (χ4v) is 4.42. The van der Waals surface area contributed by atoms with Gasteiger partial charge in [0.25, 0.3) is 0 Å². The smallest absolute Gasteiger partial charge is 0.196 e. The molecule has 0 fully saturated rings. The third kappa shape index (κ3) is 4.15. The van der Waals surface area contributed by atoms with Crippen molar-refractivity contribution in [3.05, 3.63) is 107 Å². The maximum absolute atomic E-state index is 13.4. The monoisotopic (exact) mass is 399 g/mol. The molecule has 0 saturated carbocycles. The molecular weight excluding hydrogens is 378 g/mol. The van der Waals surface area contributed by atoms with Crippen LogP contribution >= 0.6 is 11.8 Å². The van der Waals surface area contributed by atoms with E-state index in [0.717, 1.165) is 22.6 Å². The number of ketones is 1. The minimum Gasteiger partial charge on any atom is -0.293 e. The van der Waals surface area contributed by atoms with Crippen LogP contribution in [0.4, 0.5) is 0 Å². The molecule has 0 amide bonds.